The molecule has 27 heavy (non-hydrogen) atoms. The fraction of sp³-hybridized carbons (Fsp3) is 0.286. The van der Waals surface area contributed by atoms with Crippen LogP contribution < -0.4 is 4.74 Å². The maximum Gasteiger partial charge on any atom is 0.347 e. The maximum atomic E-state index is 12.3. The van der Waals surface area contributed by atoms with Crippen molar-refractivity contribution in [3.05, 3.63) is 65.7 Å². The first-order valence-corrected chi connectivity index (χ1v) is 8.56. The van der Waals surface area contributed by atoms with E-state index in [1.54, 1.807) is 38.2 Å². The van der Waals surface area contributed by atoms with E-state index in [1.807, 2.05) is 43.3 Å². The van der Waals surface area contributed by atoms with Crippen LogP contribution >= 0.6 is 0 Å². The number of rotatable bonds is 7. The molecule has 0 radical (unpaired) electrons. The lowest BCUT2D eigenvalue weighted by molar-refractivity contribution is -0.157. The van der Waals surface area contributed by atoms with Crippen molar-refractivity contribution in [1.29, 1.82) is 5.26 Å². The van der Waals surface area contributed by atoms with Crippen LogP contribution in [-0.2, 0) is 14.3 Å². The molecule has 0 saturated heterocycles. The molecule has 2 aromatic carbocycles. The topological polar surface area (TPSA) is 79.6 Å². The van der Waals surface area contributed by atoms with Crippen molar-refractivity contribution in [3.63, 3.8) is 0 Å². The number of esters is 1. The third-order valence-corrected chi connectivity index (χ3v) is 4.22. The molecule has 0 heterocycles. The Morgan fingerprint density at radius 1 is 1.07 bits per heavy atom. The lowest BCUT2D eigenvalue weighted by Gasteiger charge is -2.25. The van der Waals surface area contributed by atoms with Gasteiger partial charge in [-0.1, -0.05) is 30.3 Å². The standard InChI is InChI=1S/C21H22N2O4/c1-15(18-7-5-4-6-8-18)23(3)20(24)14-26-21(25)16(2)27-19-11-9-17(13-22)10-12-19/h4-12,15-16H,14H2,1-3H3/t15-,16-/m1/s1. The molecule has 6 nitrogen and oxygen atoms in total. The molecule has 6 heteroatoms. The van der Waals surface area contributed by atoms with Crippen LogP contribution in [0.15, 0.2) is 54.6 Å². The minimum atomic E-state index is -0.873. The predicted octanol–water partition coefficient (Wildman–Crippen LogP) is 3.09. The van der Waals surface area contributed by atoms with Crippen molar-refractivity contribution in [1.82, 2.24) is 4.90 Å². The number of amides is 1. The van der Waals surface area contributed by atoms with E-state index in [0.29, 0.717) is 11.3 Å². The molecule has 0 aliphatic rings. The Kier molecular flexibility index (Phi) is 6.95. The molecule has 2 rings (SSSR count). The molecule has 0 spiro atoms. The van der Waals surface area contributed by atoms with Gasteiger partial charge in [0.25, 0.3) is 5.91 Å². The Labute approximate surface area is 158 Å². The van der Waals surface area contributed by atoms with Crippen molar-refractivity contribution in [2.75, 3.05) is 13.7 Å². The molecule has 0 saturated carbocycles. The van der Waals surface area contributed by atoms with Gasteiger partial charge in [-0.25, -0.2) is 4.79 Å². The zero-order valence-corrected chi connectivity index (χ0v) is 15.6. The molecule has 2 aromatic rings. The number of likely N-dealkylation sites (N-methyl/N-ethyl adjacent to an activating group) is 1. The average Bonchev–Trinajstić information content (AvgIpc) is 2.71. The zero-order valence-electron chi connectivity index (χ0n) is 15.6. The summed E-state index contributed by atoms with van der Waals surface area (Å²) in [5.41, 5.74) is 1.50. The minimum Gasteiger partial charge on any atom is -0.479 e. The molecule has 0 aromatic heterocycles. The van der Waals surface area contributed by atoms with Gasteiger partial charge >= 0.3 is 5.97 Å². The fourth-order valence-electron chi connectivity index (χ4n) is 2.38. The number of benzene rings is 2. The molecule has 2 atom stereocenters. The van der Waals surface area contributed by atoms with Crippen molar-refractivity contribution < 1.29 is 19.1 Å². The lowest BCUT2D eigenvalue weighted by Crippen LogP contribution is -2.35. The van der Waals surface area contributed by atoms with Crippen molar-refractivity contribution in [2.24, 2.45) is 0 Å². The van der Waals surface area contributed by atoms with E-state index in [2.05, 4.69) is 0 Å². The van der Waals surface area contributed by atoms with Gasteiger partial charge in [0.15, 0.2) is 12.7 Å². The number of carbonyl (C=O) groups is 2. The summed E-state index contributed by atoms with van der Waals surface area (Å²) in [4.78, 5) is 25.9. The Balaban J connectivity index is 1.84. The fourth-order valence-corrected chi connectivity index (χ4v) is 2.38. The third-order valence-electron chi connectivity index (χ3n) is 4.22. The predicted molar refractivity (Wildman–Crippen MR) is 99.8 cm³/mol. The number of hydrogen-bond donors (Lipinski definition) is 0. The van der Waals surface area contributed by atoms with Gasteiger partial charge in [-0.2, -0.15) is 5.26 Å². The summed E-state index contributed by atoms with van der Waals surface area (Å²) in [7, 11) is 1.67. The van der Waals surface area contributed by atoms with Crippen molar-refractivity contribution >= 4 is 11.9 Å². The Morgan fingerprint density at radius 3 is 2.30 bits per heavy atom. The Morgan fingerprint density at radius 2 is 1.70 bits per heavy atom. The highest BCUT2D eigenvalue weighted by Gasteiger charge is 2.21. The van der Waals surface area contributed by atoms with Crippen molar-refractivity contribution in [2.45, 2.75) is 26.0 Å². The normalized spacial score (nSPS) is 12.4. The van der Waals surface area contributed by atoms with E-state index in [1.165, 1.54) is 4.90 Å². The van der Waals surface area contributed by atoms with Gasteiger partial charge in [0, 0.05) is 7.05 Å². The van der Waals surface area contributed by atoms with Crippen LogP contribution in [0.25, 0.3) is 0 Å². The van der Waals surface area contributed by atoms with E-state index < -0.39 is 12.1 Å². The van der Waals surface area contributed by atoms with Gasteiger partial charge in [0.1, 0.15) is 5.75 Å². The van der Waals surface area contributed by atoms with Crippen LogP contribution in [0.4, 0.5) is 0 Å². The Bertz CT molecular complexity index is 812. The summed E-state index contributed by atoms with van der Waals surface area (Å²) in [6.45, 7) is 3.10. The second-order valence-electron chi connectivity index (χ2n) is 6.10. The van der Waals surface area contributed by atoms with E-state index in [-0.39, 0.29) is 18.6 Å². The molecule has 0 unspecified atom stereocenters. The summed E-state index contributed by atoms with van der Waals surface area (Å²) in [5, 5.41) is 8.78. The van der Waals surface area contributed by atoms with Gasteiger partial charge in [-0.3, -0.25) is 4.79 Å². The van der Waals surface area contributed by atoms with E-state index in [0.717, 1.165) is 5.56 Å². The van der Waals surface area contributed by atoms with Crippen LogP contribution in [0.5, 0.6) is 5.75 Å². The van der Waals surface area contributed by atoms with Gasteiger partial charge in [0.05, 0.1) is 17.7 Å². The second kappa shape index (κ2) is 9.39. The highest BCUT2D eigenvalue weighted by atomic mass is 16.6. The number of hydrogen-bond acceptors (Lipinski definition) is 5. The van der Waals surface area contributed by atoms with E-state index >= 15 is 0 Å². The van der Waals surface area contributed by atoms with Gasteiger partial charge in [0.2, 0.25) is 0 Å². The quantitative estimate of drug-likeness (QED) is 0.704. The molecule has 0 aliphatic carbocycles. The van der Waals surface area contributed by atoms with Crippen LogP contribution in [-0.4, -0.2) is 36.5 Å². The second-order valence-corrected chi connectivity index (χ2v) is 6.10. The summed E-state index contributed by atoms with van der Waals surface area (Å²) < 4.78 is 10.6. The van der Waals surface area contributed by atoms with Gasteiger partial charge in [-0.05, 0) is 43.7 Å². The maximum absolute atomic E-state index is 12.3. The number of nitriles is 1. The first-order valence-electron chi connectivity index (χ1n) is 8.56. The molecular formula is C21H22N2O4. The largest absolute Gasteiger partial charge is 0.479 e. The highest BCUT2D eigenvalue weighted by molar-refractivity contribution is 5.82. The van der Waals surface area contributed by atoms with Gasteiger partial charge < -0.3 is 14.4 Å². The third kappa shape index (κ3) is 5.58. The zero-order chi connectivity index (χ0) is 19.8. The highest BCUT2D eigenvalue weighted by Crippen LogP contribution is 2.18. The first-order chi connectivity index (χ1) is 12.9. The molecule has 1 amide bonds. The van der Waals surface area contributed by atoms with E-state index in [4.69, 9.17) is 14.7 Å². The lowest BCUT2D eigenvalue weighted by atomic mass is 10.1. The number of nitrogens with zero attached hydrogens (tertiary/aromatic N) is 2. The van der Waals surface area contributed by atoms with Crippen LogP contribution in [0.3, 0.4) is 0 Å². The average molecular weight is 366 g/mol. The van der Waals surface area contributed by atoms with Crippen LogP contribution in [0, 0.1) is 11.3 Å². The summed E-state index contributed by atoms with van der Waals surface area (Å²) in [5.74, 6) is -0.488. The Hall–Kier alpha value is -3.33. The van der Waals surface area contributed by atoms with E-state index in [9.17, 15) is 9.59 Å². The van der Waals surface area contributed by atoms with Gasteiger partial charge in [-0.15, -0.1) is 0 Å². The van der Waals surface area contributed by atoms with Crippen LogP contribution in [0.1, 0.15) is 31.0 Å². The molecule has 0 N–H and O–H groups in total. The number of ether oxygens (including phenoxy) is 2. The SMILES string of the molecule is C[C@H](c1ccccc1)N(C)C(=O)COC(=O)[C@@H](C)Oc1ccc(C#N)cc1. The minimum absolute atomic E-state index is 0.135. The molecule has 0 aliphatic heterocycles. The summed E-state index contributed by atoms with van der Waals surface area (Å²) in [6.07, 6.45) is -0.873. The smallest absolute Gasteiger partial charge is 0.347 e. The molecule has 140 valence electrons. The monoisotopic (exact) mass is 366 g/mol. The first kappa shape index (κ1) is 20.0. The summed E-state index contributed by atoms with van der Waals surface area (Å²) in [6, 6.07) is 17.9. The molecular weight excluding hydrogens is 344 g/mol. The van der Waals surface area contributed by atoms with Crippen molar-refractivity contribution in [3.8, 4) is 11.8 Å². The molecule has 0 bridgehead atoms. The molecule has 0 fully saturated rings. The van der Waals surface area contributed by atoms with Crippen LogP contribution in [0.2, 0.25) is 0 Å². The number of carbonyl (C=O) groups excluding carboxylic acids is 2. The summed E-state index contributed by atoms with van der Waals surface area (Å²) >= 11 is 0.